The maximum Gasteiger partial charge on any atom is 0.335 e. The van der Waals surface area contributed by atoms with Gasteiger partial charge >= 0.3 is 5.97 Å². The van der Waals surface area contributed by atoms with E-state index in [1.807, 2.05) is 17.0 Å². The van der Waals surface area contributed by atoms with Crippen LogP contribution in [0.3, 0.4) is 0 Å². The van der Waals surface area contributed by atoms with Crippen LogP contribution in [0.25, 0.3) is 10.8 Å². The molecule has 1 aliphatic rings. The molecule has 2 atom stereocenters. The van der Waals surface area contributed by atoms with Crippen LogP contribution in [0.1, 0.15) is 28.9 Å². The summed E-state index contributed by atoms with van der Waals surface area (Å²) in [5, 5.41) is 15.2. The summed E-state index contributed by atoms with van der Waals surface area (Å²) >= 11 is 0. The summed E-state index contributed by atoms with van der Waals surface area (Å²) in [6, 6.07) is 18.6. The van der Waals surface area contributed by atoms with Crippen molar-refractivity contribution in [3.63, 3.8) is 0 Å². The largest absolute Gasteiger partial charge is 0.478 e. The lowest BCUT2D eigenvalue weighted by Crippen LogP contribution is -2.47. The molecule has 0 radical (unpaired) electrons. The number of fused-ring (bicyclic) bond motifs is 1. The van der Waals surface area contributed by atoms with Gasteiger partial charge in [-0.15, -0.1) is 0 Å². The van der Waals surface area contributed by atoms with Crippen LogP contribution in [0.15, 0.2) is 60.7 Å². The quantitative estimate of drug-likeness (QED) is 0.639. The van der Waals surface area contributed by atoms with Crippen molar-refractivity contribution < 1.29 is 19.0 Å². The van der Waals surface area contributed by atoms with E-state index in [-0.39, 0.29) is 17.7 Å². The number of benzene rings is 3. The number of halogens is 1. The van der Waals surface area contributed by atoms with Crippen molar-refractivity contribution in [1.82, 2.24) is 5.32 Å². The highest BCUT2D eigenvalue weighted by Gasteiger charge is 2.24. The van der Waals surface area contributed by atoms with Crippen LogP contribution in [0.5, 0.6) is 0 Å². The van der Waals surface area contributed by atoms with Crippen LogP contribution in [0.2, 0.25) is 0 Å². The van der Waals surface area contributed by atoms with Gasteiger partial charge in [0, 0.05) is 25.7 Å². The van der Waals surface area contributed by atoms with Gasteiger partial charge in [0.05, 0.1) is 24.0 Å². The van der Waals surface area contributed by atoms with Gasteiger partial charge in [0.2, 0.25) is 0 Å². The van der Waals surface area contributed by atoms with Crippen molar-refractivity contribution in [3.8, 4) is 0 Å². The predicted octanol–water partition coefficient (Wildman–Crippen LogP) is 4.23. The monoisotopic (exact) mass is 408 g/mol. The summed E-state index contributed by atoms with van der Waals surface area (Å²) in [6.07, 6.45) is -0.121. The SMILES string of the molecule is C[C@@H](NCC1CN(c2cc(C(=O)O)ccc2F)CCO1)c1cccc2ccccc12. The fourth-order valence-electron chi connectivity index (χ4n) is 4.00. The molecule has 0 saturated carbocycles. The summed E-state index contributed by atoms with van der Waals surface area (Å²) in [5.41, 5.74) is 1.61. The maximum atomic E-state index is 14.3. The second-order valence-corrected chi connectivity index (χ2v) is 7.61. The molecule has 2 N–H and O–H groups in total. The van der Waals surface area contributed by atoms with E-state index in [0.717, 1.165) is 0 Å². The number of carbonyl (C=O) groups is 1. The summed E-state index contributed by atoms with van der Waals surface area (Å²) in [4.78, 5) is 13.1. The Balaban J connectivity index is 1.43. The lowest BCUT2D eigenvalue weighted by molar-refractivity contribution is 0.0392. The average molecular weight is 408 g/mol. The molecule has 1 heterocycles. The highest BCUT2D eigenvalue weighted by molar-refractivity contribution is 5.89. The number of rotatable bonds is 6. The number of carboxylic acids is 1. The van der Waals surface area contributed by atoms with Gasteiger partial charge in [-0.3, -0.25) is 0 Å². The summed E-state index contributed by atoms with van der Waals surface area (Å²) in [5.74, 6) is -1.48. The molecule has 156 valence electrons. The highest BCUT2D eigenvalue weighted by atomic mass is 19.1. The number of anilines is 1. The van der Waals surface area contributed by atoms with Gasteiger partial charge in [-0.25, -0.2) is 9.18 Å². The first-order valence-corrected chi connectivity index (χ1v) is 10.1. The molecule has 1 unspecified atom stereocenters. The zero-order chi connectivity index (χ0) is 21.1. The van der Waals surface area contributed by atoms with Gasteiger partial charge in [0.25, 0.3) is 0 Å². The Morgan fingerprint density at radius 2 is 2.03 bits per heavy atom. The van der Waals surface area contributed by atoms with Gasteiger partial charge in [0.15, 0.2) is 0 Å². The first-order chi connectivity index (χ1) is 14.5. The summed E-state index contributed by atoms with van der Waals surface area (Å²) < 4.78 is 20.2. The van der Waals surface area contributed by atoms with E-state index < -0.39 is 11.8 Å². The van der Waals surface area contributed by atoms with Crippen molar-refractivity contribution >= 4 is 22.4 Å². The van der Waals surface area contributed by atoms with E-state index in [4.69, 9.17) is 4.74 Å². The number of ether oxygens (including phenoxy) is 1. The third kappa shape index (κ3) is 4.30. The van der Waals surface area contributed by atoms with E-state index in [0.29, 0.717) is 31.9 Å². The highest BCUT2D eigenvalue weighted by Crippen LogP contribution is 2.25. The zero-order valence-corrected chi connectivity index (χ0v) is 16.8. The van der Waals surface area contributed by atoms with Crippen LogP contribution < -0.4 is 10.2 Å². The van der Waals surface area contributed by atoms with Crippen LogP contribution in [0.4, 0.5) is 10.1 Å². The summed E-state index contributed by atoms with van der Waals surface area (Å²) in [7, 11) is 0. The maximum absolute atomic E-state index is 14.3. The molecule has 4 rings (SSSR count). The fourth-order valence-corrected chi connectivity index (χ4v) is 4.00. The third-order valence-electron chi connectivity index (χ3n) is 5.61. The topological polar surface area (TPSA) is 61.8 Å². The van der Waals surface area contributed by atoms with Crippen LogP contribution >= 0.6 is 0 Å². The van der Waals surface area contributed by atoms with E-state index >= 15 is 0 Å². The number of aromatic carboxylic acids is 1. The van der Waals surface area contributed by atoms with Crippen molar-refractivity contribution in [2.75, 3.05) is 31.1 Å². The van der Waals surface area contributed by atoms with Crippen LogP contribution in [0, 0.1) is 5.82 Å². The molecule has 0 spiro atoms. The molecule has 5 nitrogen and oxygen atoms in total. The van der Waals surface area contributed by atoms with Crippen molar-refractivity contribution in [1.29, 1.82) is 0 Å². The number of nitrogens with zero attached hydrogens (tertiary/aromatic N) is 1. The average Bonchev–Trinajstić information content (AvgIpc) is 2.77. The smallest absolute Gasteiger partial charge is 0.335 e. The Labute approximate surface area is 175 Å². The van der Waals surface area contributed by atoms with Crippen LogP contribution in [-0.4, -0.2) is 43.4 Å². The van der Waals surface area contributed by atoms with Crippen molar-refractivity contribution in [2.24, 2.45) is 0 Å². The first kappa shape index (κ1) is 20.3. The second-order valence-electron chi connectivity index (χ2n) is 7.61. The van der Waals surface area contributed by atoms with Crippen LogP contribution in [-0.2, 0) is 4.74 Å². The van der Waals surface area contributed by atoms with Crippen molar-refractivity contribution in [2.45, 2.75) is 19.1 Å². The van der Waals surface area contributed by atoms with E-state index in [9.17, 15) is 14.3 Å². The standard InChI is InChI=1S/C24H25FN2O3/c1-16(20-8-4-6-17-5-2-3-7-21(17)20)26-14-19-15-27(11-12-30-19)23-13-18(24(28)29)9-10-22(23)25/h2-10,13,16,19,26H,11-12,14-15H2,1H3,(H,28,29)/t16-,19?/m1/s1. The van der Waals surface area contributed by atoms with Crippen molar-refractivity contribution in [3.05, 3.63) is 77.6 Å². The lowest BCUT2D eigenvalue weighted by atomic mass is 9.99. The Bertz CT molecular complexity index is 1050. The van der Waals surface area contributed by atoms with Gasteiger partial charge < -0.3 is 20.1 Å². The van der Waals surface area contributed by atoms with E-state index in [2.05, 4.69) is 42.6 Å². The number of hydrogen-bond donors (Lipinski definition) is 2. The normalized spacial score (nSPS) is 17.8. The molecular formula is C24H25FN2O3. The third-order valence-corrected chi connectivity index (χ3v) is 5.61. The fraction of sp³-hybridized carbons (Fsp3) is 0.292. The van der Waals surface area contributed by atoms with Gasteiger partial charge in [-0.05, 0) is 41.5 Å². The zero-order valence-electron chi connectivity index (χ0n) is 16.8. The molecule has 0 aromatic heterocycles. The Morgan fingerprint density at radius 1 is 1.23 bits per heavy atom. The Kier molecular flexibility index (Phi) is 5.97. The Morgan fingerprint density at radius 3 is 2.87 bits per heavy atom. The number of morpholine rings is 1. The number of nitrogens with one attached hydrogen (secondary N) is 1. The number of carboxylic acid groups (broad SMARTS) is 1. The van der Waals surface area contributed by atoms with Gasteiger partial charge in [-0.2, -0.15) is 0 Å². The minimum atomic E-state index is -1.06. The molecule has 3 aromatic carbocycles. The molecule has 6 heteroatoms. The second kappa shape index (κ2) is 8.81. The molecule has 1 saturated heterocycles. The Hall–Kier alpha value is -2.96. The van der Waals surface area contributed by atoms with E-state index in [1.54, 1.807) is 0 Å². The molecule has 1 fully saturated rings. The summed E-state index contributed by atoms with van der Waals surface area (Å²) in [6.45, 7) is 4.22. The molecule has 0 amide bonds. The molecule has 3 aromatic rings. The lowest BCUT2D eigenvalue weighted by Gasteiger charge is -2.35. The molecular weight excluding hydrogens is 383 g/mol. The minimum Gasteiger partial charge on any atom is -0.478 e. The minimum absolute atomic E-state index is 0.0807. The number of hydrogen-bond acceptors (Lipinski definition) is 4. The molecule has 30 heavy (non-hydrogen) atoms. The van der Waals surface area contributed by atoms with Gasteiger partial charge in [0.1, 0.15) is 5.82 Å². The molecule has 0 bridgehead atoms. The molecule has 1 aliphatic heterocycles. The predicted molar refractivity (Wildman–Crippen MR) is 116 cm³/mol. The van der Waals surface area contributed by atoms with Gasteiger partial charge in [-0.1, -0.05) is 42.5 Å². The molecule has 0 aliphatic carbocycles. The van der Waals surface area contributed by atoms with E-state index in [1.165, 1.54) is 34.5 Å². The first-order valence-electron chi connectivity index (χ1n) is 10.1.